The van der Waals surface area contributed by atoms with Gasteiger partial charge in [0.2, 0.25) is 0 Å². The summed E-state index contributed by atoms with van der Waals surface area (Å²) in [5.41, 5.74) is 8.11. The first-order valence-electron chi connectivity index (χ1n) is 5.86. The maximum atomic E-state index is 8.60. The van der Waals surface area contributed by atoms with Crippen molar-refractivity contribution in [2.24, 2.45) is 10.9 Å². The molecule has 20 heavy (non-hydrogen) atoms. The van der Waals surface area contributed by atoms with E-state index in [1.165, 1.54) is 0 Å². The summed E-state index contributed by atoms with van der Waals surface area (Å²) >= 11 is 9.51. The summed E-state index contributed by atoms with van der Waals surface area (Å²) in [7, 11) is 0. The van der Waals surface area contributed by atoms with Gasteiger partial charge in [-0.05, 0) is 23.8 Å². The largest absolute Gasteiger partial charge is 0.409 e. The molecule has 4 nitrogen and oxygen atoms in total. The molecule has 0 saturated heterocycles. The average molecular weight is 355 g/mol. The number of rotatable bonds is 4. The third kappa shape index (κ3) is 3.65. The fraction of sp³-hybridized carbons (Fsp3) is 0.0714. The second kappa shape index (κ2) is 6.63. The van der Waals surface area contributed by atoms with E-state index in [9.17, 15) is 0 Å². The second-order valence-corrected chi connectivity index (χ2v) is 5.48. The van der Waals surface area contributed by atoms with Gasteiger partial charge in [0.25, 0.3) is 0 Å². The molecule has 2 aromatic carbocycles. The smallest absolute Gasteiger partial charge is 0.170 e. The maximum absolute atomic E-state index is 8.60. The van der Waals surface area contributed by atoms with Gasteiger partial charge in [-0.25, -0.2) is 0 Å². The van der Waals surface area contributed by atoms with E-state index in [4.69, 9.17) is 22.5 Å². The van der Waals surface area contributed by atoms with Gasteiger partial charge in [0, 0.05) is 16.6 Å². The van der Waals surface area contributed by atoms with E-state index < -0.39 is 0 Å². The number of hydrogen-bond acceptors (Lipinski definition) is 3. The molecule has 0 bridgehead atoms. The van der Waals surface area contributed by atoms with Gasteiger partial charge in [0.05, 0.1) is 10.7 Å². The zero-order chi connectivity index (χ0) is 14.5. The average Bonchev–Trinajstić information content (AvgIpc) is 2.48. The summed E-state index contributed by atoms with van der Waals surface area (Å²) in [6.07, 6.45) is 0. The predicted molar refractivity (Wildman–Crippen MR) is 85.4 cm³/mol. The summed E-state index contributed by atoms with van der Waals surface area (Å²) in [5.74, 6) is 0.0968. The van der Waals surface area contributed by atoms with Gasteiger partial charge in [-0.2, -0.15) is 0 Å². The fourth-order valence-corrected chi connectivity index (χ4v) is 2.23. The molecule has 0 heterocycles. The number of anilines is 1. The van der Waals surface area contributed by atoms with Crippen molar-refractivity contribution in [3.8, 4) is 0 Å². The molecule has 0 fully saturated rings. The lowest BCUT2D eigenvalue weighted by Gasteiger charge is -2.09. The molecule has 0 radical (unpaired) electrons. The summed E-state index contributed by atoms with van der Waals surface area (Å²) in [5, 5.41) is 15.5. The summed E-state index contributed by atoms with van der Waals surface area (Å²) in [4.78, 5) is 0. The second-order valence-electron chi connectivity index (χ2n) is 4.16. The van der Waals surface area contributed by atoms with E-state index in [0.29, 0.717) is 17.1 Å². The van der Waals surface area contributed by atoms with E-state index >= 15 is 0 Å². The zero-order valence-corrected chi connectivity index (χ0v) is 12.8. The molecule has 0 aliphatic rings. The minimum absolute atomic E-state index is 0.0968. The first-order valence-corrected chi connectivity index (χ1v) is 7.03. The number of nitrogens with one attached hydrogen (secondary N) is 1. The lowest BCUT2D eigenvalue weighted by Crippen LogP contribution is -2.13. The minimum Gasteiger partial charge on any atom is -0.409 e. The van der Waals surface area contributed by atoms with Crippen LogP contribution in [-0.2, 0) is 6.54 Å². The summed E-state index contributed by atoms with van der Waals surface area (Å²) in [6.45, 7) is 0.632. The van der Waals surface area contributed by atoms with Gasteiger partial charge in [0.1, 0.15) is 0 Å². The van der Waals surface area contributed by atoms with E-state index in [1.807, 2.05) is 30.3 Å². The van der Waals surface area contributed by atoms with Crippen molar-refractivity contribution in [1.29, 1.82) is 0 Å². The predicted octanol–water partition coefficient (Wildman–Crippen LogP) is 3.81. The van der Waals surface area contributed by atoms with Crippen LogP contribution in [0.2, 0.25) is 5.02 Å². The molecule has 2 aromatic rings. The van der Waals surface area contributed by atoms with Crippen molar-refractivity contribution in [1.82, 2.24) is 0 Å². The van der Waals surface area contributed by atoms with Crippen molar-refractivity contribution in [3.63, 3.8) is 0 Å². The highest BCUT2D eigenvalue weighted by atomic mass is 79.9. The third-order valence-corrected chi connectivity index (χ3v) is 3.59. The Labute approximate surface area is 130 Å². The number of halogens is 2. The van der Waals surface area contributed by atoms with Gasteiger partial charge in [-0.1, -0.05) is 57.0 Å². The highest BCUT2D eigenvalue weighted by Gasteiger charge is 2.02. The third-order valence-electron chi connectivity index (χ3n) is 2.77. The topological polar surface area (TPSA) is 70.6 Å². The highest BCUT2D eigenvalue weighted by molar-refractivity contribution is 9.10. The molecule has 2 rings (SSSR count). The van der Waals surface area contributed by atoms with E-state index in [1.54, 1.807) is 12.1 Å². The number of oxime groups is 1. The molecular weight excluding hydrogens is 342 g/mol. The number of benzene rings is 2. The maximum Gasteiger partial charge on any atom is 0.170 e. The van der Waals surface area contributed by atoms with Crippen LogP contribution in [0.3, 0.4) is 0 Å². The van der Waals surface area contributed by atoms with Gasteiger partial charge in [-0.15, -0.1) is 0 Å². The molecule has 0 aliphatic carbocycles. The summed E-state index contributed by atoms with van der Waals surface area (Å²) < 4.78 is 0.965. The van der Waals surface area contributed by atoms with Crippen LogP contribution >= 0.6 is 27.5 Å². The van der Waals surface area contributed by atoms with Crippen molar-refractivity contribution in [2.75, 3.05) is 5.32 Å². The number of nitrogens with two attached hydrogens (primary N) is 1. The summed E-state index contributed by atoms with van der Waals surface area (Å²) in [6, 6.07) is 13.1. The van der Waals surface area contributed by atoms with Crippen LogP contribution in [0.1, 0.15) is 11.1 Å². The minimum atomic E-state index is 0.0968. The van der Waals surface area contributed by atoms with Crippen molar-refractivity contribution < 1.29 is 5.21 Å². The van der Waals surface area contributed by atoms with Crippen molar-refractivity contribution in [3.05, 3.63) is 63.1 Å². The van der Waals surface area contributed by atoms with Crippen LogP contribution in [0.25, 0.3) is 0 Å². The van der Waals surface area contributed by atoms with Crippen molar-refractivity contribution >= 4 is 39.1 Å². The Morgan fingerprint density at radius 3 is 2.60 bits per heavy atom. The SMILES string of the molecule is NC(=NO)c1ccc(CNc2cc(Br)ccc2Cl)cc1. The Balaban J connectivity index is 2.06. The van der Waals surface area contributed by atoms with E-state index in [2.05, 4.69) is 26.4 Å². The molecule has 0 unspecified atom stereocenters. The quantitative estimate of drug-likeness (QED) is 0.338. The normalized spacial score (nSPS) is 11.4. The van der Waals surface area contributed by atoms with Crippen LogP contribution < -0.4 is 11.1 Å². The van der Waals surface area contributed by atoms with E-state index in [0.717, 1.165) is 15.7 Å². The lowest BCUT2D eigenvalue weighted by molar-refractivity contribution is 0.318. The zero-order valence-electron chi connectivity index (χ0n) is 10.5. The first-order chi connectivity index (χ1) is 9.60. The molecule has 4 N–H and O–H groups in total. The highest BCUT2D eigenvalue weighted by Crippen LogP contribution is 2.26. The van der Waals surface area contributed by atoms with Crippen LogP contribution in [0, 0.1) is 0 Å². The Kier molecular flexibility index (Phi) is 4.87. The van der Waals surface area contributed by atoms with Gasteiger partial charge >= 0.3 is 0 Å². The molecule has 0 saturated carbocycles. The molecule has 0 aromatic heterocycles. The van der Waals surface area contributed by atoms with Gasteiger partial charge in [-0.3, -0.25) is 0 Å². The molecule has 104 valence electrons. The number of hydrogen-bond donors (Lipinski definition) is 3. The van der Waals surface area contributed by atoms with Crippen LogP contribution in [0.15, 0.2) is 52.1 Å². The lowest BCUT2D eigenvalue weighted by atomic mass is 10.1. The fourth-order valence-electron chi connectivity index (χ4n) is 1.68. The van der Waals surface area contributed by atoms with Crippen molar-refractivity contribution in [2.45, 2.75) is 6.54 Å². The monoisotopic (exact) mass is 353 g/mol. The Morgan fingerprint density at radius 2 is 1.95 bits per heavy atom. The molecule has 0 aliphatic heterocycles. The van der Waals surface area contributed by atoms with E-state index in [-0.39, 0.29) is 5.84 Å². The van der Waals surface area contributed by atoms with Crippen LogP contribution in [0.4, 0.5) is 5.69 Å². The Hall–Kier alpha value is -1.72. The molecule has 0 atom stereocenters. The number of nitrogens with zero attached hydrogens (tertiary/aromatic N) is 1. The van der Waals surface area contributed by atoms with Crippen LogP contribution in [-0.4, -0.2) is 11.0 Å². The molecular formula is C14H13BrClN3O. The first kappa shape index (κ1) is 14.7. The molecule has 0 spiro atoms. The Bertz CT molecular complexity index is 629. The standard InChI is InChI=1S/C14H13BrClN3O/c15-11-5-6-12(16)13(7-11)18-8-9-1-3-10(4-2-9)14(17)19-20/h1-7,18,20H,8H2,(H2,17,19). The molecule has 0 amide bonds. The van der Waals surface area contributed by atoms with Gasteiger partial charge in [0.15, 0.2) is 5.84 Å². The number of amidine groups is 1. The van der Waals surface area contributed by atoms with Gasteiger partial charge < -0.3 is 16.3 Å². The van der Waals surface area contributed by atoms with Crippen LogP contribution in [0.5, 0.6) is 0 Å². The Morgan fingerprint density at radius 1 is 1.25 bits per heavy atom. The molecule has 6 heteroatoms.